The van der Waals surface area contributed by atoms with Crippen molar-refractivity contribution in [1.29, 1.82) is 0 Å². The second-order valence-corrected chi connectivity index (χ2v) is 5.52. The Balaban J connectivity index is 2.47. The first-order chi connectivity index (χ1) is 8.90. The van der Waals surface area contributed by atoms with E-state index in [-0.39, 0.29) is 10.0 Å². The van der Waals surface area contributed by atoms with E-state index < -0.39 is 0 Å². The molecule has 0 radical (unpaired) electrons. The molecule has 2 nitrogen and oxygen atoms in total. The topological polar surface area (TPSA) is 35.2 Å². The van der Waals surface area contributed by atoms with Crippen molar-refractivity contribution in [3.63, 3.8) is 0 Å². The Hall–Kier alpha value is -0.800. The van der Waals surface area contributed by atoms with Gasteiger partial charge in [-0.3, -0.25) is 0 Å². The van der Waals surface area contributed by atoms with Gasteiger partial charge in [0.15, 0.2) is 5.75 Å². The standard InChI is InChI=1S/C13H9Cl4NO/c1-6-4-9(18)11(16)12(17)13(6)19-10-3-2-7(14)5-8(10)15/h2-5H,18H2,1H3. The number of nitrogens with two attached hydrogens (primary N) is 1. The van der Waals surface area contributed by atoms with Gasteiger partial charge in [0.25, 0.3) is 0 Å². The van der Waals surface area contributed by atoms with E-state index in [0.717, 1.165) is 5.56 Å². The zero-order valence-corrected chi connectivity index (χ0v) is 12.8. The van der Waals surface area contributed by atoms with Gasteiger partial charge in [-0.15, -0.1) is 0 Å². The zero-order valence-electron chi connectivity index (χ0n) is 9.81. The van der Waals surface area contributed by atoms with E-state index in [4.69, 9.17) is 56.9 Å². The van der Waals surface area contributed by atoms with Crippen LogP contribution in [0.25, 0.3) is 0 Å². The van der Waals surface area contributed by atoms with E-state index in [2.05, 4.69) is 0 Å². The van der Waals surface area contributed by atoms with Crippen molar-refractivity contribution in [2.45, 2.75) is 6.92 Å². The van der Waals surface area contributed by atoms with Crippen LogP contribution in [0.4, 0.5) is 5.69 Å². The second kappa shape index (κ2) is 5.68. The lowest BCUT2D eigenvalue weighted by atomic mass is 10.2. The van der Waals surface area contributed by atoms with E-state index in [1.54, 1.807) is 24.3 Å². The lowest BCUT2D eigenvalue weighted by molar-refractivity contribution is 0.479. The fourth-order valence-electron chi connectivity index (χ4n) is 1.55. The van der Waals surface area contributed by atoms with Crippen molar-refractivity contribution in [3.8, 4) is 11.5 Å². The fourth-order valence-corrected chi connectivity index (χ4v) is 2.44. The Kier molecular flexibility index (Phi) is 4.36. The lowest BCUT2D eigenvalue weighted by Gasteiger charge is -2.14. The summed E-state index contributed by atoms with van der Waals surface area (Å²) in [5, 5.41) is 1.42. The lowest BCUT2D eigenvalue weighted by Crippen LogP contribution is -1.94. The number of halogens is 4. The monoisotopic (exact) mass is 335 g/mol. The highest BCUT2D eigenvalue weighted by molar-refractivity contribution is 6.44. The van der Waals surface area contributed by atoms with Gasteiger partial charge in [0, 0.05) is 5.02 Å². The van der Waals surface area contributed by atoms with Gasteiger partial charge >= 0.3 is 0 Å². The minimum atomic E-state index is 0.255. The van der Waals surface area contributed by atoms with Crippen molar-refractivity contribution in [3.05, 3.63) is 49.9 Å². The van der Waals surface area contributed by atoms with E-state index in [0.29, 0.717) is 27.2 Å². The Morgan fingerprint density at radius 2 is 1.68 bits per heavy atom. The molecule has 0 aliphatic heterocycles. The Morgan fingerprint density at radius 1 is 1.00 bits per heavy atom. The molecule has 2 rings (SSSR count). The number of hydrogen-bond donors (Lipinski definition) is 1. The molecule has 0 fully saturated rings. The van der Waals surface area contributed by atoms with Crippen molar-refractivity contribution in [2.24, 2.45) is 0 Å². The highest BCUT2D eigenvalue weighted by Crippen LogP contribution is 2.42. The molecule has 0 atom stereocenters. The van der Waals surface area contributed by atoms with Crippen LogP contribution in [-0.4, -0.2) is 0 Å². The van der Waals surface area contributed by atoms with Gasteiger partial charge in [-0.25, -0.2) is 0 Å². The summed E-state index contributed by atoms with van der Waals surface area (Å²) >= 11 is 24.0. The molecule has 0 amide bonds. The van der Waals surface area contributed by atoms with Gasteiger partial charge in [0.1, 0.15) is 10.8 Å². The smallest absolute Gasteiger partial charge is 0.150 e. The van der Waals surface area contributed by atoms with Crippen LogP contribution in [0.3, 0.4) is 0 Å². The number of nitrogen functional groups attached to an aromatic ring is 1. The maximum absolute atomic E-state index is 6.13. The number of anilines is 1. The van der Waals surface area contributed by atoms with Gasteiger partial charge in [-0.2, -0.15) is 0 Å². The van der Waals surface area contributed by atoms with Crippen molar-refractivity contribution in [1.82, 2.24) is 0 Å². The van der Waals surface area contributed by atoms with Gasteiger partial charge in [-0.05, 0) is 36.8 Å². The molecule has 19 heavy (non-hydrogen) atoms. The summed E-state index contributed by atoms with van der Waals surface area (Å²) in [5.74, 6) is 0.863. The molecule has 0 bridgehead atoms. The van der Waals surface area contributed by atoms with Crippen LogP contribution < -0.4 is 10.5 Å². The molecule has 0 saturated carbocycles. The molecule has 0 aliphatic rings. The minimum absolute atomic E-state index is 0.255. The third-order valence-corrected chi connectivity index (χ3v) is 3.88. The normalized spacial score (nSPS) is 10.6. The maximum atomic E-state index is 6.13. The molecule has 0 saturated heterocycles. The Bertz CT molecular complexity index is 643. The molecular formula is C13H9Cl4NO. The summed E-state index contributed by atoms with van der Waals surface area (Å²) in [6.07, 6.45) is 0. The summed E-state index contributed by atoms with van der Waals surface area (Å²) < 4.78 is 5.70. The number of rotatable bonds is 2. The van der Waals surface area contributed by atoms with Gasteiger partial charge in [0.2, 0.25) is 0 Å². The Labute approximate surface area is 131 Å². The van der Waals surface area contributed by atoms with Crippen LogP contribution in [0.1, 0.15) is 5.56 Å². The number of ether oxygens (including phenoxy) is 1. The second-order valence-electron chi connectivity index (χ2n) is 3.92. The minimum Gasteiger partial charge on any atom is -0.454 e. The van der Waals surface area contributed by atoms with E-state index in [1.165, 1.54) is 0 Å². The van der Waals surface area contributed by atoms with Crippen LogP contribution in [0.2, 0.25) is 20.1 Å². The van der Waals surface area contributed by atoms with Crippen LogP contribution in [0, 0.1) is 6.92 Å². The number of hydrogen-bond acceptors (Lipinski definition) is 2. The average molecular weight is 337 g/mol. The molecule has 6 heteroatoms. The summed E-state index contributed by atoms with van der Waals surface area (Å²) in [6, 6.07) is 6.60. The third kappa shape index (κ3) is 3.03. The molecule has 0 unspecified atom stereocenters. The predicted molar refractivity (Wildman–Crippen MR) is 82.1 cm³/mol. The summed E-state index contributed by atoms with van der Waals surface area (Å²) in [4.78, 5) is 0. The van der Waals surface area contributed by atoms with Crippen LogP contribution in [-0.2, 0) is 0 Å². The third-order valence-electron chi connectivity index (χ3n) is 2.48. The van der Waals surface area contributed by atoms with Crippen molar-refractivity contribution < 1.29 is 4.74 Å². The number of aryl methyl sites for hydroxylation is 1. The fraction of sp³-hybridized carbons (Fsp3) is 0.0769. The molecule has 0 aromatic heterocycles. The average Bonchev–Trinajstić information content (AvgIpc) is 2.34. The first-order valence-electron chi connectivity index (χ1n) is 5.27. The van der Waals surface area contributed by atoms with E-state index >= 15 is 0 Å². The first-order valence-corrected chi connectivity index (χ1v) is 6.78. The van der Waals surface area contributed by atoms with Crippen molar-refractivity contribution in [2.75, 3.05) is 5.73 Å². The maximum Gasteiger partial charge on any atom is 0.150 e. The van der Waals surface area contributed by atoms with Crippen LogP contribution in [0.15, 0.2) is 24.3 Å². The van der Waals surface area contributed by atoms with Gasteiger partial charge in [-0.1, -0.05) is 46.4 Å². The molecule has 2 N–H and O–H groups in total. The molecule has 100 valence electrons. The molecule has 0 aliphatic carbocycles. The largest absolute Gasteiger partial charge is 0.454 e. The summed E-state index contributed by atoms with van der Waals surface area (Å²) in [7, 11) is 0. The number of benzene rings is 2. The van der Waals surface area contributed by atoms with Gasteiger partial charge in [0.05, 0.1) is 15.7 Å². The van der Waals surface area contributed by atoms with E-state index in [1.807, 2.05) is 6.92 Å². The highest BCUT2D eigenvalue weighted by atomic mass is 35.5. The quantitative estimate of drug-likeness (QED) is 0.684. The van der Waals surface area contributed by atoms with E-state index in [9.17, 15) is 0 Å². The molecule has 0 spiro atoms. The Morgan fingerprint density at radius 3 is 2.32 bits per heavy atom. The molecule has 2 aromatic rings. The van der Waals surface area contributed by atoms with Gasteiger partial charge < -0.3 is 10.5 Å². The molecular weight excluding hydrogens is 328 g/mol. The molecule has 2 aromatic carbocycles. The zero-order chi connectivity index (χ0) is 14.2. The summed E-state index contributed by atoms with van der Waals surface area (Å²) in [5.41, 5.74) is 6.88. The van der Waals surface area contributed by atoms with Crippen LogP contribution >= 0.6 is 46.4 Å². The summed E-state index contributed by atoms with van der Waals surface area (Å²) in [6.45, 7) is 1.82. The highest BCUT2D eigenvalue weighted by Gasteiger charge is 2.15. The molecule has 0 heterocycles. The predicted octanol–water partition coefficient (Wildman–Crippen LogP) is 5.98. The van der Waals surface area contributed by atoms with Crippen LogP contribution in [0.5, 0.6) is 11.5 Å². The van der Waals surface area contributed by atoms with Crippen molar-refractivity contribution >= 4 is 52.1 Å². The SMILES string of the molecule is Cc1cc(N)c(Cl)c(Cl)c1Oc1ccc(Cl)cc1Cl. The first kappa shape index (κ1) is 14.6.